The molecule has 2 fully saturated rings. The number of halogens is 1. The first-order valence-corrected chi connectivity index (χ1v) is 10.7. The Balaban J connectivity index is 1.60. The number of benzene rings is 1. The SMILES string of the molecule is CC1CN(C2CCN(C(=O)OC(C)(C)C)CC2)C(Cc2ccc(Cl)cc2)CO1. The molecule has 1 aromatic rings. The molecule has 0 aromatic heterocycles. The van der Waals surface area contributed by atoms with Gasteiger partial charge in [-0.25, -0.2) is 4.79 Å². The van der Waals surface area contributed by atoms with Gasteiger partial charge in [-0.05, 0) is 64.7 Å². The van der Waals surface area contributed by atoms with Crippen molar-refractivity contribution in [3.63, 3.8) is 0 Å². The largest absolute Gasteiger partial charge is 0.444 e. The number of carbonyl (C=O) groups excluding carboxylic acids is 1. The number of hydrogen-bond acceptors (Lipinski definition) is 4. The summed E-state index contributed by atoms with van der Waals surface area (Å²) in [5.74, 6) is 0. The second kappa shape index (κ2) is 9.02. The molecule has 0 saturated carbocycles. The Hall–Kier alpha value is -1.30. The summed E-state index contributed by atoms with van der Waals surface area (Å²) >= 11 is 6.03. The predicted molar refractivity (Wildman–Crippen MR) is 112 cm³/mol. The molecule has 0 N–H and O–H groups in total. The molecule has 3 rings (SSSR count). The number of nitrogens with zero attached hydrogens (tertiary/aromatic N) is 2. The lowest BCUT2D eigenvalue weighted by Crippen LogP contribution is -2.57. The summed E-state index contributed by atoms with van der Waals surface area (Å²) in [6.07, 6.45) is 2.95. The normalized spacial score (nSPS) is 25.0. The fraction of sp³-hybridized carbons (Fsp3) is 0.682. The molecule has 0 radical (unpaired) electrons. The average Bonchev–Trinajstić information content (AvgIpc) is 2.64. The van der Waals surface area contributed by atoms with Gasteiger partial charge >= 0.3 is 6.09 Å². The van der Waals surface area contributed by atoms with Gasteiger partial charge in [0.2, 0.25) is 0 Å². The highest BCUT2D eigenvalue weighted by molar-refractivity contribution is 6.30. The van der Waals surface area contributed by atoms with Crippen LogP contribution in [0.15, 0.2) is 24.3 Å². The lowest BCUT2D eigenvalue weighted by Gasteiger charge is -2.46. The summed E-state index contributed by atoms with van der Waals surface area (Å²) < 4.78 is 11.5. The number of carbonyl (C=O) groups is 1. The molecule has 0 bridgehead atoms. The van der Waals surface area contributed by atoms with Gasteiger partial charge in [0, 0.05) is 36.7 Å². The molecule has 2 aliphatic heterocycles. The number of piperidine rings is 1. The smallest absolute Gasteiger partial charge is 0.410 e. The average molecular weight is 409 g/mol. The second-order valence-corrected chi connectivity index (χ2v) is 9.46. The van der Waals surface area contributed by atoms with Crippen molar-refractivity contribution in [3.05, 3.63) is 34.9 Å². The molecular weight excluding hydrogens is 376 g/mol. The third-order valence-electron chi connectivity index (χ3n) is 5.48. The fourth-order valence-electron chi connectivity index (χ4n) is 4.09. The maximum absolute atomic E-state index is 12.3. The van der Waals surface area contributed by atoms with Crippen LogP contribution in [-0.4, -0.2) is 65.9 Å². The highest BCUT2D eigenvalue weighted by Gasteiger charge is 2.35. The van der Waals surface area contributed by atoms with Crippen LogP contribution in [0.3, 0.4) is 0 Å². The van der Waals surface area contributed by atoms with E-state index in [9.17, 15) is 4.79 Å². The molecule has 2 heterocycles. The van der Waals surface area contributed by atoms with Crippen LogP contribution in [0.1, 0.15) is 46.1 Å². The Morgan fingerprint density at radius 1 is 1.21 bits per heavy atom. The number of likely N-dealkylation sites (tertiary alicyclic amines) is 1. The summed E-state index contributed by atoms with van der Waals surface area (Å²) in [4.78, 5) is 16.8. The molecule has 2 saturated heterocycles. The second-order valence-electron chi connectivity index (χ2n) is 9.02. The minimum absolute atomic E-state index is 0.195. The first-order valence-electron chi connectivity index (χ1n) is 10.3. The highest BCUT2D eigenvalue weighted by Crippen LogP contribution is 2.26. The van der Waals surface area contributed by atoms with Gasteiger partial charge in [-0.3, -0.25) is 4.90 Å². The van der Waals surface area contributed by atoms with Crippen LogP contribution >= 0.6 is 11.6 Å². The van der Waals surface area contributed by atoms with Gasteiger partial charge in [-0.2, -0.15) is 0 Å². The van der Waals surface area contributed by atoms with E-state index in [-0.39, 0.29) is 12.2 Å². The lowest BCUT2D eigenvalue weighted by molar-refractivity contribution is -0.0799. The van der Waals surface area contributed by atoms with Crippen molar-refractivity contribution < 1.29 is 14.3 Å². The van der Waals surface area contributed by atoms with Gasteiger partial charge in [-0.1, -0.05) is 23.7 Å². The van der Waals surface area contributed by atoms with Crippen molar-refractivity contribution >= 4 is 17.7 Å². The van der Waals surface area contributed by atoms with Crippen molar-refractivity contribution in [2.75, 3.05) is 26.2 Å². The zero-order valence-electron chi connectivity index (χ0n) is 17.5. The molecule has 2 aliphatic rings. The third kappa shape index (κ3) is 5.85. The summed E-state index contributed by atoms with van der Waals surface area (Å²) in [7, 11) is 0. The van der Waals surface area contributed by atoms with E-state index in [2.05, 4.69) is 24.0 Å². The maximum atomic E-state index is 12.3. The molecule has 5 nitrogen and oxygen atoms in total. The summed E-state index contributed by atoms with van der Waals surface area (Å²) in [6, 6.07) is 8.94. The van der Waals surface area contributed by atoms with Crippen LogP contribution in [0.25, 0.3) is 0 Å². The highest BCUT2D eigenvalue weighted by atomic mass is 35.5. The third-order valence-corrected chi connectivity index (χ3v) is 5.73. The van der Waals surface area contributed by atoms with Crippen LogP contribution in [0.2, 0.25) is 5.02 Å². The molecule has 6 heteroatoms. The van der Waals surface area contributed by atoms with E-state index >= 15 is 0 Å². The van der Waals surface area contributed by atoms with Crippen LogP contribution in [0, 0.1) is 0 Å². The van der Waals surface area contributed by atoms with Crippen molar-refractivity contribution in [1.29, 1.82) is 0 Å². The van der Waals surface area contributed by atoms with Gasteiger partial charge in [0.1, 0.15) is 5.60 Å². The molecular formula is C22H33ClN2O3. The van der Waals surface area contributed by atoms with E-state index in [1.54, 1.807) is 0 Å². The molecule has 156 valence electrons. The zero-order chi connectivity index (χ0) is 20.3. The first-order chi connectivity index (χ1) is 13.2. The minimum atomic E-state index is -0.447. The van der Waals surface area contributed by atoms with E-state index in [1.165, 1.54) is 5.56 Å². The summed E-state index contributed by atoms with van der Waals surface area (Å²) in [5.41, 5.74) is 0.834. The molecule has 0 aliphatic carbocycles. The van der Waals surface area contributed by atoms with Crippen molar-refractivity contribution in [3.8, 4) is 0 Å². The van der Waals surface area contributed by atoms with Gasteiger partial charge in [0.15, 0.2) is 0 Å². The standard InChI is InChI=1S/C22H33ClN2O3/c1-16-14-25(20(15-27-16)13-17-5-7-18(23)8-6-17)19-9-11-24(12-10-19)21(26)28-22(2,3)4/h5-8,16,19-20H,9-15H2,1-4H3. The van der Waals surface area contributed by atoms with Crippen molar-refractivity contribution in [1.82, 2.24) is 9.80 Å². The number of hydrogen-bond donors (Lipinski definition) is 0. The molecule has 2 unspecified atom stereocenters. The summed E-state index contributed by atoms with van der Waals surface area (Å²) in [6.45, 7) is 11.1. The Labute approximate surface area is 173 Å². The Morgan fingerprint density at radius 3 is 2.46 bits per heavy atom. The van der Waals surface area contributed by atoms with Gasteiger partial charge in [-0.15, -0.1) is 0 Å². The minimum Gasteiger partial charge on any atom is -0.444 e. The summed E-state index contributed by atoms with van der Waals surface area (Å²) in [5, 5.41) is 0.767. The Morgan fingerprint density at radius 2 is 1.86 bits per heavy atom. The van der Waals surface area contributed by atoms with Crippen LogP contribution in [0.5, 0.6) is 0 Å². The Bertz CT molecular complexity index is 651. The predicted octanol–water partition coefficient (Wildman–Crippen LogP) is 4.37. The first kappa shape index (κ1) is 21.4. The molecule has 28 heavy (non-hydrogen) atoms. The Kier molecular flexibility index (Phi) is 6.89. The topological polar surface area (TPSA) is 42.0 Å². The van der Waals surface area contributed by atoms with Crippen LogP contribution in [-0.2, 0) is 15.9 Å². The van der Waals surface area contributed by atoms with E-state index in [0.29, 0.717) is 12.1 Å². The van der Waals surface area contributed by atoms with Gasteiger partial charge < -0.3 is 14.4 Å². The number of rotatable bonds is 3. The molecule has 2 atom stereocenters. The van der Waals surface area contributed by atoms with Gasteiger partial charge in [0.05, 0.1) is 12.7 Å². The quantitative estimate of drug-likeness (QED) is 0.744. The monoisotopic (exact) mass is 408 g/mol. The van der Waals surface area contributed by atoms with Crippen LogP contribution < -0.4 is 0 Å². The van der Waals surface area contributed by atoms with E-state index in [0.717, 1.165) is 50.5 Å². The number of morpholine rings is 1. The molecule has 0 spiro atoms. The van der Waals surface area contributed by atoms with Gasteiger partial charge in [0.25, 0.3) is 0 Å². The van der Waals surface area contributed by atoms with Crippen molar-refractivity contribution in [2.45, 2.75) is 70.7 Å². The molecule has 1 aromatic carbocycles. The number of ether oxygens (including phenoxy) is 2. The van der Waals surface area contributed by atoms with E-state index in [4.69, 9.17) is 21.1 Å². The number of amides is 1. The molecule has 1 amide bonds. The van der Waals surface area contributed by atoms with E-state index in [1.807, 2.05) is 37.8 Å². The van der Waals surface area contributed by atoms with Crippen molar-refractivity contribution in [2.24, 2.45) is 0 Å². The fourth-order valence-corrected chi connectivity index (χ4v) is 4.22. The zero-order valence-corrected chi connectivity index (χ0v) is 18.2. The van der Waals surface area contributed by atoms with E-state index < -0.39 is 5.60 Å². The maximum Gasteiger partial charge on any atom is 0.410 e. The van der Waals surface area contributed by atoms with Crippen LogP contribution in [0.4, 0.5) is 4.79 Å². The lowest BCUT2D eigenvalue weighted by atomic mass is 9.96.